The molecule has 0 N–H and O–H groups in total. The van der Waals surface area contributed by atoms with Gasteiger partial charge in [-0.05, 0) is 31.2 Å². The topological polar surface area (TPSA) is 32.5 Å². The first kappa shape index (κ1) is 14.4. The molecule has 0 saturated carbocycles. The van der Waals surface area contributed by atoms with Gasteiger partial charge in [0, 0.05) is 49.9 Å². The quantitative estimate of drug-likeness (QED) is 0.869. The average Bonchev–Trinajstić information content (AvgIpc) is 2.92. The summed E-state index contributed by atoms with van der Waals surface area (Å²) in [6.45, 7) is 7.18. The van der Waals surface area contributed by atoms with E-state index >= 15 is 0 Å². The van der Waals surface area contributed by atoms with Gasteiger partial charge in [-0.1, -0.05) is 11.6 Å². The van der Waals surface area contributed by atoms with Gasteiger partial charge in [-0.3, -0.25) is 4.90 Å². The minimum absolute atomic E-state index is 0.790. The van der Waals surface area contributed by atoms with E-state index in [0.717, 1.165) is 55.8 Å². The van der Waals surface area contributed by atoms with Gasteiger partial charge in [-0.2, -0.15) is 0 Å². The smallest absolute Gasteiger partial charge is 0.195 e. The lowest BCUT2D eigenvalue weighted by molar-refractivity contribution is 0.253. The minimum Gasteiger partial charge on any atom is -0.446 e. The summed E-state index contributed by atoms with van der Waals surface area (Å²) >= 11 is 5.93. The van der Waals surface area contributed by atoms with Crippen LogP contribution >= 0.6 is 11.6 Å². The molecule has 1 aromatic heterocycles. The van der Waals surface area contributed by atoms with Crippen molar-refractivity contribution >= 4 is 17.3 Å². The second kappa shape index (κ2) is 6.50. The molecule has 1 aliphatic rings. The molecule has 112 valence electrons. The van der Waals surface area contributed by atoms with Crippen LogP contribution in [-0.4, -0.2) is 42.6 Å². The second-order valence-electron chi connectivity index (χ2n) is 5.42. The number of aryl methyl sites for hydroxylation is 1. The fraction of sp³-hybridized carbons (Fsp3) is 0.438. The molecule has 0 spiro atoms. The number of rotatable bonds is 4. The molecule has 2 aromatic rings. The number of benzene rings is 1. The van der Waals surface area contributed by atoms with Crippen molar-refractivity contribution in [2.75, 3.05) is 37.6 Å². The Morgan fingerprint density at radius 1 is 1.14 bits per heavy atom. The number of oxazole rings is 1. The number of halogens is 1. The van der Waals surface area contributed by atoms with Crippen molar-refractivity contribution in [3.8, 4) is 0 Å². The Bertz CT molecular complexity index is 573. The molecule has 4 nitrogen and oxygen atoms in total. The molecule has 1 saturated heterocycles. The summed E-state index contributed by atoms with van der Waals surface area (Å²) in [4.78, 5) is 9.12. The number of aromatic nitrogens is 1. The van der Waals surface area contributed by atoms with E-state index in [1.165, 1.54) is 5.69 Å². The van der Waals surface area contributed by atoms with Crippen molar-refractivity contribution in [1.29, 1.82) is 0 Å². The fourth-order valence-electron chi connectivity index (χ4n) is 2.65. The molecular formula is C16H20ClN3O. The van der Waals surface area contributed by atoms with Crippen molar-refractivity contribution < 1.29 is 4.42 Å². The zero-order valence-corrected chi connectivity index (χ0v) is 13.0. The largest absolute Gasteiger partial charge is 0.446 e. The zero-order chi connectivity index (χ0) is 14.7. The van der Waals surface area contributed by atoms with Crippen LogP contribution in [0.5, 0.6) is 0 Å². The van der Waals surface area contributed by atoms with Crippen LogP contribution in [0.2, 0.25) is 5.02 Å². The Morgan fingerprint density at radius 3 is 2.48 bits per heavy atom. The maximum Gasteiger partial charge on any atom is 0.195 e. The van der Waals surface area contributed by atoms with Crippen LogP contribution in [-0.2, 0) is 6.42 Å². The number of piperazine rings is 1. The molecule has 3 rings (SSSR count). The van der Waals surface area contributed by atoms with E-state index in [4.69, 9.17) is 16.0 Å². The molecule has 1 fully saturated rings. The first-order valence-corrected chi connectivity index (χ1v) is 7.73. The van der Waals surface area contributed by atoms with E-state index in [2.05, 4.69) is 26.9 Å². The van der Waals surface area contributed by atoms with E-state index in [-0.39, 0.29) is 0 Å². The van der Waals surface area contributed by atoms with Crippen LogP contribution in [0.25, 0.3) is 0 Å². The van der Waals surface area contributed by atoms with Gasteiger partial charge in [0.05, 0.1) is 6.20 Å². The molecule has 1 aromatic carbocycles. The molecule has 0 atom stereocenters. The Balaban J connectivity index is 1.47. The molecular weight excluding hydrogens is 286 g/mol. The maximum atomic E-state index is 5.93. The van der Waals surface area contributed by atoms with E-state index < -0.39 is 0 Å². The standard InChI is InChI=1S/C16H20ClN3O/c1-13-12-18-16(21-13)6-7-19-8-10-20(11-9-19)15-4-2-14(17)3-5-15/h2-5,12H,6-11H2,1H3. The lowest BCUT2D eigenvalue weighted by Gasteiger charge is -2.36. The van der Waals surface area contributed by atoms with Gasteiger partial charge in [0.25, 0.3) is 0 Å². The second-order valence-corrected chi connectivity index (χ2v) is 5.86. The average molecular weight is 306 g/mol. The summed E-state index contributed by atoms with van der Waals surface area (Å²) < 4.78 is 5.52. The third kappa shape index (κ3) is 3.77. The predicted octanol–water partition coefficient (Wildman–Crippen LogP) is 3.00. The number of hydrogen-bond acceptors (Lipinski definition) is 4. The Morgan fingerprint density at radius 2 is 1.86 bits per heavy atom. The van der Waals surface area contributed by atoms with E-state index in [0.29, 0.717) is 0 Å². The monoisotopic (exact) mass is 305 g/mol. The van der Waals surface area contributed by atoms with E-state index in [9.17, 15) is 0 Å². The van der Waals surface area contributed by atoms with E-state index in [1.54, 1.807) is 6.20 Å². The first-order valence-electron chi connectivity index (χ1n) is 7.35. The first-order chi connectivity index (χ1) is 10.2. The van der Waals surface area contributed by atoms with Crippen molar-refractivity contribution in [1.82, 2.24) is 9.88 Å². The van der Waals surface area contributed by atoms with Crippen molar-refractivity contribution in [3.63, 3.8) is 0 Å². The summed E-state index contributed by atoms with van der Waals surface area (Å²) in [5.74, 6) is 1.73. The molecule has 0 aliphatic carbocycles. The van der Waals surface area contributed by atoms with Gasteiger partial charge in [-0.15, -0.1) is 0 Å². The van der Waals surface area contributed by atoms with Crippen LogP contribution in [0, 0.1) is 6.92 Å². The summed E-state index contributed by atoms with van der Waals surface area (Å²) in [6.07, 6.45) is 2.67. The lowest BCUT2D eigenvalue weighted by atomic mass is 10.2. The summed E-state index contributed by atoms with van der Waals surface area (Å²) in [6, 6.07) is 8.09. The fourth-order valence-corrected chi connectivity index (χ4v) is 2.78. The summed E-state index contributed by atoms with van der Waals surface area (Å²) in [5, 5.41) is 0.790. The SMILES string of the molecule is Cc1cnc(CCN2CCN(c3ccc(Cl)cc3)CC2)o1. The highest BCUT2D eigenvalue weighted by molar-refractivity contribution is 6.30. The number of hydrogen-bond donors (Lipinski definition) is 0. The highest BCUT2D eigenvalue weighted by Crippen LogP contribution is 2.19. The summed E-state index contributed by atoms with van der Waals surface area (Å²) in [5.41, 5.74) is 1.25. The maximum absolute atomic E-state index is 5.93. The van der Waals surface area contributed by atoms with Crippen molar-refractivity contribution in [3.05, 3.63) is 47.1 Å². The van der Waals surface area contributed by atoms with Crippen molar-refractivity contribution in [2.45, 2.75) is 13.3 Å². The van der Waals surface area contributed by atoms with E-state index in [1.807, 2.05) is 19.1 Å². The van der Waals surface area contributed by atoms with Crippen LogP contribution < -0.4 is 4.90 Å². The molecule has 21 heavy (non-hydrogen) atoms. The zero-order valence-electron chi connectivity index (χ0n) is 12.3. The molecule has 2 heterocycles. The third-order valence-electron chi connectivity index (χ3n) is 3.88. The van der Waals surface area contributed by atoms with Gasteiger partial charge in [0.15, 0.2) is 5.89 Å². The Hall–Kier alpha value is -1.52. The van der Waals surface area contributed by atoms with Crippen LogP contribution in [0.3, 0.4) is 0 Å². The number of nitrogens with zero attached hydrogens (tertiary/aromatic N) is 3. The Kier molecular flexibility index (Phi) is 4.46. The minimum atomic E-state index is 0.790. The highest BCUT2D eigenvalue weighted by Gasteiger charge is 2.17. The van der Waals surface area contributed by atoms with Crippen LogP contribution in [0.15, 0.2) is 34.9 Å². The van der Waals surface area contributed by atoms with Gasteiger partial charge in [-0.25, -0.2) is 4.98 Å². The molecule has 0 unspecified atom stereocenters. The lowest BCUT2D eigenvalue weighted by Crippen LogP contribution is -2.47. The highest BCUT2D eigenvalue weighted by atomic mass is 35.5. The van der Waals surface area contributed by atoms with Crippen LogP contribution in [0.1, 0.15) is 11.7 Å². The normalized spacial score (nSPS) is 16.4. The summed E-state index contributed by atoms with van der Waals surface area (Å²) in [7, 11) is 0. The number of anilines is 1. The predicted molar refractivity (Wildman–Crippen MR) is 85.0 cm³/mol. The Labute approximate surface area is 130 Å². The molecule has 5 heteroatoms. The van der Waals surface area contributed by atoms with Crippen LogP contribution in [0.4, 0.5) is 5.69 Å². The molecule has 0 radical (unpaired) electrons. The van der Waals surface area contributed by atoms with Gasteiger partial charge >= 0.3 is 0 Å². The molecule has 0 bridgehead atoms. The molecule has 1 aliphatic heterocycles. The van der Waals surface area contributed by atoms with Gasteiger partial charge in [0.1, 0.15) is 5.76 Å². The molecule has 0 amide bonds. The third-order valence-corrected chi connectivity index (χ3v) is 4.13. The van der Waals surface area contributed by atoms with Crippen molar-refractivity contribution in [2.24, 2.45) is 0 Å². The van der Waals surface area contributed by atoms with Gasteiger partial charge < -0.3 is 9.32 Å². The van der Waals surface area contributed by atoms with Gasteiger partial charge in [0.2, 0.25) is 0 Å².